The van der Waals surface area contributed by atoms with Crippen LogP contribution >= 0.6 is 0 Å². The Morgan fingerprint density at radius 1 is 1.35 bits per heavy atom. The molecular weight excluding hydrogens is 330 g/mol. The number of likely N-dealkylation sites (tertiary alicyclic amines) is 1. The highest BCUT2D eigenvalue weighted by atomic mass is 16.2. The Bertz CT molecular complexity index is 771. The van der Waals surface area contributed by atoms with Crippen molar-refractivity contribution >= 4 is 11.8 Å². The standard InChI is InChI=1S/C19H25N5O2/c1-12(2)15-10-21-18(23-15)16-8-14(11-24(16)17(25)9-20)22-19(26)13-6-4-3-5-7-13/h3-7,10,12,14,16H,8-9,11,20H2,1-2H3,(H,21,23)(H,22,26)/t14-,16+/m1/s1. The van der Waals surface area contributed by atoms with E-state index in [1.54, 1.807) is 23.2 Å². The maximum absolute atomic E-state index is 12.4. The van der Waals surface area contributed by atoms with Crippen molar-refractivity contribution in [2.75, 3.05) is 13.1 Å². The summed E-state index contributed by atoms with van der Waals surface area (Å²) in [6, 6.07) is 8.71. The minimum Gasteiger partial charge on any atom is -0.347 e. The Labute approximate surface area is 153 Å². The zero-order valence-electron chi connectivity index (χ0n) is 15.1. The van der Waals surface area contributed by atoms with Gasteiger partial charge < -0.3 is 20.9 Å². The molecule has 2 aromatic rings. The monoisotopic (exact) mass is 355 g/mol. The fraction of sp³-hybridized carbons (Fsp3) is 0.421. The number of rotatable bonds is 5. The molecule has 7 heteroatoms. The lowest BCUT2D eigenvalue weighted by atomic mass is 10.1. The van der Waals surface area contributed by atoms with Gasteiger partial charge in [0.1, 0.15) is 5.82 Å². The first-order valence-electron chi connectivity index (χ1n) is 8.89. The molecule has 4 N–H and O–H groups in total. The third-order valence-corrected chi connectivity index (χ3v) is 4.72. The van der Waals surface area contributed by atoms with E-state index in [-0.39, 0.29) is 30.4 Å². The Hall–Kier alpha value is -2.67. The minimum absolute atomic E-state index is 0.0619. The second-order valence-electron chi connectivity index (χ2n) is 6.92. The Balaban J connectivity index is 1.76. The topological polar surface area (TPSA) is 104 Å². The van der Waals surface area contributed by atoms with Gasteiger partial charge in [-0.15, -0.1) is 0 Å². The fourth-order valence-corrected chi connectivity index (χ4v) is 3.27. The number of nitrogens with one attached hydrogen (secondary N) is 2. The van der Waals surface area contributed by atoms with Crippen LogP contribution in [0.5, 0.6) is 0 Å². The first kappa shape index (κ1) is 18.1. The van der Waals surface area contributed by atoms with E-state index in [9.17, 15) is 9.59 Å². The second kappa shape index (κ2) is 7.70. The summed E-state index contributed by atoms with van der Waals surface area (Å²) in [7, 11) is 0. The van der Waals surface area contributed by atoms with Crippen molar-refractivity contribution in [1.29, 1.82) is 0 Å². The zero-order valence-corrected chi connectivity index (χ0v) is 15.1. The molecule has 3 rings (SSSR count). The summed E-state index contributed by atoms with van der Waals surface area (Å²) in [5, 5.41) is 3.02. The molecule has 0 radical (unpaired) electrons. The number of aromatic amines is 1. The number of carbonyl (C=O) groups is 2. The van der Waals surface area contributed by atoms with E-state index in [4.69, 9.17) is 5.73 Å². The molecule has 1 fully saturated rings. The van der Waals surface area contributed by atoms with Crippen molar-refractivity contribution < 1.29 is 9.59 Å². The van der Waals surface area contributed by atoms with Crippen LogP contribution in [0.3, 0.4) is 0 Å². The molecule has 2 amide bonds. The van der Waals surface area contributed by atoms with Crippen LogP contribution in [0.15, 0.2) is 36.5 Å². The molecule has 1 aromatic heterocycles. The number of hydrogen-bond acceptors (Lipinski definition) is 4. The molecule has 0 unspecified atom stereocenters. The molecule has 1 aliphatic heterocycles. The van der Waals surface area contributed by atoms with Crippen LogP contribution in [0, 0.1) is 0 Å². The molecule has 0 aliphatic carbocycles. The number of carbonyl (C=O) groups excluding carboxylic acids is 2. The highest BCUT2D eigenvalue weighted by Crippen LogP contribution is 2.31. The zero-order chi connectivity index (χ0) is 18.7. The molecule has 7 nitrogen and oxygen atoms in total. The van der Waals surface area contributed by atoms with Crippen molar-refractivity contribution in [3.8, 4) is 0 Å². The maximum Gasteiger partial charge on any atom is 0.251 e. The smallest absolute Gasteiger partial charge is 0.251 e. The Kier molecular flexibility index (Phi) is 5.37. The van der Waals surface area contributed by atoms with Gasteiger partial charge in [-0.25, -0.2) is 4.98 Å². The van der Waals surface area contributed by atoms with Gasteiger partial charge in [-0.1, -0.05) is 32.0 Å². The summed E-state index contributed by atoms with van der Waals surface area (Å²) in [6.45, 7) is 4.53. The van der Waals surface area contributed by atoms with Gasteiger partial charge >= 0.3 is 0 Å². The molecule has 2 atom stereocenters. The van der Waals surface area contributed by atoms with Crippen LogP contribution in [0.4, 0.5) is 0 Å². The number of imidazole rings is 1. The molecule has 138 valence electrons. The molecule has 1 aromatic carbocycles. The number of H-pyrrole nitrogens is 1. The van der Waals surface area contributed by atoms with E-state index < -0.39 is 0 Å². The Morgan fingerprint density at radius 2 is 2.08 bits per heavy atom. The molecule has 2 heterocycles. The summed E-state index contributed by atoms with van der Waals surface area (Å²) in [5.74, 6) is 0.782. The molecule has 1 aliphatic rings. The van der Waals surface area contributed by atoms with E-state index in [2.05, 4.69) is 29.1 Å². The molecular formula is C19H25N5O2. The SMILES string of the molecule is CC(C)c1cnc([C@@H]2C[C@@H](NC(=O)c3ccccc3)CN2C(=O)CN)[nH]1. The van der Waals surface area contributed by atoms with Gasteiger partial charge in [0.05, 0.1) is 12.6 Å². The summed E-state index contributed by atoms with van der Waals surface area (Å²) in [6.07, 6.45) is 2.41. The third kappa shape index (κ3) is 3.77. The first-order valence-corrected chi connectivity index (χ1v) is 8.89. The number of benzene rings is 1. The molecule has 1 saturated heterocycles. The highest BCUT2D eigenvalue weighted by molar-refractivity contribution is 5.94. The Morgan fingerprint density at radius 3 is 2.69 bits per heavy atom. The van der Waals surface area contributed by atoms with Gasteiger partial charge in [0, 0.05) is 30.0 Å². The van der Waals surface area contributed by atoms with E-state index in [0.29, 0.717) is 24.4 Å². The predicted octanol–water partition coefficient (Wildman–Crippen LogP) is 1.56. The van der Waals surface area contributed by atoms with Gasteiger partial charge in [0.15, 0.2) is 0 Å². The van der Waals surface area contributed by atoms with E-state index in [1.165, 1.54) is 0 Å². The first-order chi connectivity index (χ1) is 12.5. The normalized spacial score (nSPS) is 19.8. The van der Waals surface area contributed by atoms with Crippen LogP contribution in [0.1, 0.15) is 54.1 Å². The van der Waals surface area contributed by atoms with Gasteiger partial charge in [-0.05, 0) is 24.5 Å². The van der Waals surface area contributed by atoms with Crippen LogP contribution < -0.4 is 11.1 Å². The van der Waals surface area contributed by atoms with Crippen LogP contribution in [-0.4, -0.2) is 45.8 Å². The summed E-state index contributed by atoms with van der Waals surface area (Å²) < 4.78 is 0. The number of aromatic nitrogens is 2. The average molecular weight is 355 g/mol. The average Bonchev–Trinajstić information content (AvgIpc) is 3.28. The van der Waals surface area contributed by atoms with Crippen molar-refractivity contribution in [3.05, 3.63) is 53.6 Å². The third-order valence-electron chi connectivity index (χ3n) is 4.72. The number of nitrogens with two attached hydrogens (primary N) is 1. The summed E-state index contributed by atoms with van der Waals surface area (Å²) in [4.78, 5) is 34.2. The number of amides is 2. The molecule has 0 spiro atoms. The second-order valence-corrected chi connectivity index (χ2v) is 6.92. The number of hydrogen-bond donors (Lipinski definition) is 3. The highest BCUT2D eigenvalue weighted by Gasteiger charge is 2.38. The molecule has 26 heavy (non-hydrogen) atoms. The fourth-order valence-electron chi connectivity index (χ4n) is 3.27. The lowest BCUT2D eigenvalue weighted by Crippen LogP contribution is -2.40. The van der Waals surface area contributed by atoms with E-state index >= 15 is 0 Å². The summed E-state index contributed by atoms with van der Waals surface area (Å²) in [5.41, 5.74) is 7.20. The van der Waals surface area contributed by atoms with Gasteiger partial charge in [0.25, 0.3) is 5.91 Å². The van der Waals surface area contributed by atoms with Crippen molar-refractivity contribution in [2.24, 2.45) is 5.73 Å². The lowest BCUT2D eigenvalue weighted by Gasteiger charge is -2.22. The minimum atomic E-state index is -0.209. The van der Waals surface area contributed by atoms with E-state index in [0.717, 1.165) is 11.5 Å². The molecule has 0 saturated carbocycles. The van der Waals surface area contributed by atoms with Gasteiger partial charge in [-0.3, -0.25) is 9.59 Å². The molecule has 0 bridgehead atoms. The van der Waals surface area contributed by atoms with Crippen molar-refractivity contribution in [2.45, 2.75) is 38.3 Å². The summed E-state index contributed by atoms with van der Waals surface area (Å²) >= 11 is 0. The van der Waals surface area contributed by atoms with Crippen molar-refractivity contribution in [3.63, 3.8) is 0 Å². The van der Waals surface area contributed by atoms with Crippen LogP contribution in [-0.2, 0) is 4.79 Å². The largest absolute Gasteiger partial charge is 0.347 e. The quantitative estimate of drug-likeness (QED) is 0.757. The van der Waals surface area contributed by atoms with E-state index in [1.807, 2.05) is 18.2 Å². The van der Waals surface area contributed by atoms with Crippen molar-refractivity contribution in [1.82, 2.24) is 20.2 Å². The van der Waals surface area contributed by atoms with Gasteiger partial charge in [-0.2, -0.15) is 0 Å². The van der Waals surface area contributed by atoms with Crippen LogP contribution in [0.2, 0.25) is 0 Å². The van der Waals surface area contributed by atoms with Crippen LogP contribution in [0.25, 0.3) is 0 Å². The maximum atomic E-state index is 12.4. The lowest BCUT2D eigenvalue weighted by molar-refractivity contribution is -0.130. The number of nitrogens with zero attached hydrogens (tertiary/aromatic N) is 2. The van der Waals surface area contributed by atoms with Gasteiger partial charge in [0.2, 0.25) is 5.91 Å². The predicted molar refractivity (Wildman–Crippen MR) is 98.5 cm³/mol.